The van der Waals surface area contributed by atoms with Gasteiger partial charge in [-0.1, -0.05) is 12.1 Å². The van der Waals surface area contributed by atoms with Crippen LogP contribution in [0.2, 0.25) is 0 Å². The van der Waals surface area contributed by atoms with Crippen molar-refractivity contribution >= 4 is 27.5 Å². The second kappa shape index (κ2) is 8.40. The molecule has 3 heterocycles. The van der Waals surface area contributed by atoms with E-state index < -0.39 is 0 Å². The van der Waals surface area contributed by atoms with Crippen molar-refractivity contribution in [1.82, 2.24) is 14.9 Å². The predicted octanol–water partition coefficient (Wildman–Crippen LogP) is 0.664. The molecule has 29 heavy (non-hydrogen) atoms. The minimum atomic E-state index is -0.319. The lowest BCUT2D eigenvalue weighted by Gasteiger charge is -2.27. The van der Waals surface area contributed by atoms with E-state index >= 15 is 0 Å². The van der Waals surface area contributed by atoms with Crippen LogP contribution in [0.15, 0.2) is 34.4 Å². The largest absolute Gasteiger partial charge is 0.378 e. The van der Waals surface area contributed by atoms with E-state index in [1.807, 2.05) is 12.4 Å². The molecule has 1 amide bonds. The van der Waals surface area contributed by atoms with Gasteiger partial charge in [0.15, 0.2) is 12.4 Å². The molecule has 2 aromatic heterocycles. The fourth-order valence-corrected chi connectivity index (χ4v) is 4.42. The number of halogens is 1. The van der Waals surface area contributed by atoms with E-state index in [0.717, 1.165) is 16.0 Å². The summed E-state index contributed by atoms with van der Waals surface area (Å²) in [5, 5.41) is 2.37. The summed E-state index contributed by atoms with van der Waals surface area (Å²) >= 11 is 1.38. The molecule has 0 bridgehead atoms. The number of aromatic amines is 1. The maximum atomic E-state index is 13.2. The number of benzene rings is 1. The number of ether oxygens (including phenoxy) is 1. The smallest absolute Gasteiger partial charge is 0.277 e. The van der Waals surface area contributed by atoms with E-state index in [9.17, 15) is 14.0 Å². The second-order valence-corrected chi connectivity index (χ2v) is 8.01. The Bertz CT molecular complexity index is 1070. The van der Waals surface area contributed by atoms with Crippen molar-refractivity contribution in [2.45, 2.75) is 6.54 Å². The Morgan fingerprint density at radius 1 is 1.31 bits per heavy atom. The quantitative estimate of drug-likeness (QED) is 0.640. The molecule has 0 aliphatic carbocycles. The zero-order valence-electron chi connectivity index (χ0n) is 16.0. The number of amides is 1. The number of nitrogens with one attached hydrogen (secondary N) is 2. The first kappa shape index (κ1) is 19.7. The van der Waals surface area contributed by atoms with Crippen LogP contribution in [0.1, 0.15) is 5.82 Å². The molecule has 7 nitrogen and oxygen atoms in total. The number of carbonyl (C=O) groups excluding carboxylic acids is 1. The number of H-pyrrole nitrogens is 1. The van der Waals surface area contributed by atoms with Gasteiger partial charge in [-0.2, -0.15) is 0 Å². The zero-order valence-corrected chi connectivity index (χ0v) is 16.9. The molecule has 1 aliphatic heterocycles. The van der Waals surface area contributed by atoms with Gasteiger partial charge in [0.1, 0.15) is 17.2 Å². The minimum Gasteiger partial charge on any atom is -0.378 e. The molecule has 1 fully saturated rings. The lowest BCUT2D eigenvalue weighted by Crippen LogP contribution is -3.09. The van der Waals surface area contributed by atoms with E-state index in [4.69, 9.17) is 4.74 Å². The average Bonchev–Trinajstić information content (AvgIpc) is 3.13. The normalized spacial score (nSPS) is 15.6. The Morgan fingerprint density at radius 2 is 2.03 bits per heavy atom. The summed E-state index contributed by atoms with van der Waals surface area (Å²) in [5.74, 6) is 0.298. The van der Waals surface area contributed by atoms with Gasteiger partial charge in [-0.05, 0) is 17.7 Å². The van der Waals surface area contributed by atoms with E-state index in [1.165, 1.54) is 23.5 Å². The number of thiophene rings is 1. The van der Waals surface area contributed by atoms with Crippen LogP contribution in [-0.4, -0.2) is 60.7 Å². The maximum absolute atomic E-state index is 13.2. The fourth-order valence-electron chi connectivity index (χ4n) is 3.45. The molecule has 152 valence electrons. The molecule has 0 saturated carbocycles. The van der Waals surface area contributed by atoms with Gasteiger partial charge in [0.25, 0.3) is 11.5 Å². The summed E-state index contributed by atoms with van der Waals surface area (Å²) in [5.41, 5.74) is 1.29. The monoisotopic (exact) mass is 417 g/mol. The molecule has 9 heteroatoms. The van der Waals surface area contributed by atoms with Gasteiger partial charge in [0.05, 0.1) is 25.6 Å². The number of carbonyl (C=O) groups is 1. The van der Waals surface area contributed by atoms with Crippen LogP contribution in [0.3, 0.4) is 0 Å². The van der Waals surface area contributed by atoms with E-state index in [1.54, 1.807) is 17.0 Å². The van der Waals surface area contributed by atoms with Crippen molar-refractivity contribution in [1.29, 1.82) is 0 Å². The highest BCUT2D eigenvalue weighted by Crippen LogP contribution is 2.30. The van der Waals surface area contributed by atoms with E-state index in [2.05, 4.69) is 9.97 Å². The zero-order chi connectivity index (χ0) is 20.4. The van der Waals surface area contributed by atoms with Crippen LogP contribution in [-0.2, 0) is 16.1 Å². The third-order valence-electron chi connectivity index (χ3n) is 4.93. The van der Waals surface area contributed by atoms with Crippen molar-refractivity contribution in [3.8, 4) is 11.1 Å². The summed E-state index contributed by atoms with van der Waals surface area (Å²) in [6.45, 7) is 3.15. The molecule has 1 atom stereocenters. The van der Waals surface area contributed by atoms with Gasteiger partial charge < -0.3 is 19.5 Å². The summed E-state index contributed by atoms with van der Waals surface area (Å²) in [7, 11) is 1.90. The molecule has 1 aliphatic rings. The lowest BCUT2D eigenvalue weighted by atomic mass is 10.1. The van der Waals surface area contributed by atoms with Crippen molar-refractivity contribution in [3.05, 3.63) is 51.6 Å². The first-order valence-electron chi connectivity index (χ1n) is 9.44. The molecule has 1 unspecified atom stereocenters. The van der Waals surface area contributed by atoms with Crippen molar-refractivity contribution < 1.29 is 18.8 Å². The topological polar surface area (TPSA) is 79.7 Å². The predicted molar refractivity (Wildman–Crippen MR) is 108 cm³/mol. The van der Waals surface area contributed by atoms with Crippen LogP contribution in [0.5, 0.6) is 0 Å². The van der Waals surface area contributed by atoms with Crippen LogP contribution in [0, 0.1) is 5.82 Å². The summed E-state index contributed by atoms with van der Waals surface area (Å²) in [4.78, 5) is 35.9. The van der Waals surface area contributed by atoms with Crippen molar-refractivity contribution in [3.63, 3.8) is 0 Å². The van der Waals surface area contributed by atoms with Gasteiger partial charge >= 0.3 is 0 Å². The lowest BCUT2D eigenvalue weighted by molar-refractivity contribution is -0.886. The number of morpholine rings is 1. The molecule has 1 aromatic carbocycles. The highest BCUT2D eigenvalue weighted by Gasteiger charge is 2.21. The van der Waals surface area contributed by atoms with Gasteiger partial charge in [0, 0.05) is 24.0 Å². The number of hydrogen-bond acceptors (Lipinski definition) is 5. The molecule has 2 N–H and O–H groups in total. The molecule has 4 rings (SSSR count). The van der Waals surface area contributed by atoms with Crippen molar-refractivity contribution in [2.24, 2.45) is 0 Å². The van der Waals surface area contributed by atoms with E-state index in [0.29, 0.717) is 55.4 Å². The number of likely N-dealkylation sites (N-methyl/N-ethyl adjacent to an activating group) is 1. The molecule has 3 aromatic rings. The van der Waals surface area contributed by atoms with Crippen LogP contribution < -0.4 is 10.5 Å². The third-order valence-corrected chi connectivity index (χ3v) is 5.81. The second-order valence-electron chi connectivity index (χ2n) is 7.15. The number of aromatic nitrogens is 2. The Hall–Kier alpha value is -2.62. The molecular weight excluding hydrogens is 395 g/mol. The fraction of sp³-hybridized carbons (Fsp3) is 0.350. The Balaban J connectivity index is 1.51. The van der Waals surface area contributed by atoms with Gasteiger partial charge in [0.2, 0.25) is 0 Å². The van der Waals surface area contributed by atoms with Crippen LogP contribution >= 0.6 is 11.3 Å². The molecule has 1 saturated heterocycles. The Kier molecular flexibility index (Phi) is 5.70. The highest BCUT2D eigenvalue weighted by molar-refractivity contribution is 7.17. The standard InChI is InChI=1S/C20H21FN4O3S/c1-24(11-17(26)25-6-8-28-9-7-25)10-16-22-19(27)18-15(12-29-20(18)23-16)13-2-4-14(21)5-3-13/h2-5,12H,6-11H2,1H3,(H,22,23,27)/p+1. The number of nitrogens with zero attached hydrogens (tertiary/aromatic N) is 2. The Labute approximate surface area is 170 Å². The van der Waals surface area contributed by atoms with Gasteiger partial charge in [-0.25, -0.2) is 9.37 Å². The molecular formula is C20H22FN4O3S+. The minimum absolute atomic E-state index is 0.0731. The molecule has 0 spiro atoms. The number of hydrogen-bond donors (Lipinski definition) is 2. The average molecular weight is 417 g/mol. The summed E-state index contributed by atoms with van der Waals surface area (Å²) in [6, 6.07) is 6.05. The third kappa shape index (κ3) is 4.36. The highest BCUT2D eigenvalue weighted by atomic mass is 32.1. The van der Waals surface area contributed by atoms with Gasteiger partial charge in [-0.3, -0.25) is 9.59 Å². The first-order chi connectivity index (χ1) is 14.0. The van der Waals surface area contributed by atoms with Gasteiger partial charge in [-0.15, -0.1) is 11.3 Å². The first-order valence-corrected chi connectivity index (χ1v) is 10.3. The number of fused-ring (bicyclic) bond motifs is 1. The summed E-state index contributed by atoms with van der Waals surface area (Å²) in [6.07, 6.45) is 0. The molecule has 0 radical (unpaired) electrons. The SMILES string of the molecule is C[NH+](CC(=O)N1CCOCC1)Cc1nc2scc(-c3ccc(F)cc3)c2c(=O)[nH]1. The van der Waals surface area contributed by atoms with E-state index in [-0.39, 0.29) is 17.3 Å². The van der Waals surface area contributed by atoms with Crippen LogP contribution in [0.4, 0.5) is 4.39 Å². The van der Waals surface area contributed by atoms with Crippen molar-refractivity contribution in [2.75, 3.05) is 39.9 Å². The number of quaternary nitrogens is 1. The maximum Gasteiger partial charge on any atom is 0.277 e. The Morgan fingerprint density at radius 3 is 2.76 bits per heavy atom. The number of rotatable bonds is 5. The van der Waals surface area contributed by atoms with Crippen LogP contribution in [0.25, 0.3) is 21.3 Å². The summed E-state index contributed by atoms with van der Waals surface area (Å²) < 4.78 is 18.5.